The third kappa shape index (κ3) is 6.74. The lowest BCUT2D eigenvalue weighted by atomic mass is 9.87. The number of nitrogens with zero attached hydrogens (tertiary/aromatic N) is 1. The molecule has 248 valence electrons. The Balaban J connectivity index is 1.34. The van der Waals surface area contributed by atoms with Crippen LogP contribution in [0.15, 0.2) is 95.2 Å². The molecule has 2 fully saturated rings. The van der Waals surface area contributed by atoms with Crippen molar-refractivity contribution in [3.05, 3.63) is 107 Å². The molecule has 0 bridgehead atoms. The van der Waals surface area contributed by atoms with Crippen LogP contribution in [0.25, 0.3) is 0 Å². The van der Waals surface area contributed by atoms with Gasteiger partial charge in [-0.15, -0.1) is 11.3 Å². The van der Waals surface area contributed by atoms with E-state index in [1.54, 1.807) is 24.3 Å². The summed E-state index contributed by atoms with van der Waals surface area (Å²) < 4.78 is 47.3. The molecule has 1 saturated carbocycles. The van der Waals surface area contributed by atoms with E-state index in [2.05, 4.69) is 50.0 Å². The van der Waals surface area contributed by atoms with Gasteiger partial charge in [0.25, 0.3) is 18.4 Å². The average Bonchev–Trinajstić information content (AvgIpc) is 3.67. The van der Waals surface area contributed by atoms with Crippen molar-refractivity contribution in [2.24, 2.45) is 11.8 Å². The van der Waals surface area contributed by atoms with Gasteiger partial charge >= 0.3 is 5.97 Å². The van der Waals surface area contributed by atoms with E-state index >= 15 is 0 Å². The van der Waals surface area contributed by atoms with Crippen molar-refractivity contribution in [2.75, 3.05) is 6.61 Å². The minimum Gasteiger partial charge on any atom is -0.476 e. The SMILES string of the molecule is Cc1ccc(S(=O)(=O)O[C@@H]2C[C@@H]3O[C@@H](c4nc(C(=O)O)cs4)CC[C@@H]3[C@H]2CO[Si](c2ccccc2)(c2ccccc2)C(C)(C)C)cc1. The lowest BCUT2D eigenvalue weighted by Crippen LogP contribution is -2.67. The highest BCUT2D eigenvalue weighted by atomic mass is 32.2. The van der Waals surface area contributed by atoms with Gasteiger partial charge in [-0.25, -0.2) is 9.78 Å². The number of hydrogen-bond acceptors (Lipinski definition) is 8. The van der Waals surface area contributed by atoms with Gasteiger partial charge in [-0.1, -0.05) is 99.1 Å². The van der Waals surface area contributed by atoms with E-state index in [1.165, 1.54) is 16.7 Å². The second kappa shape index (κ2) is 13.4. The second-order valence-electron chi connectivity index (χ2n) is 13.6. The fourth-order valence-corrected chi connectivity index (χ4v) is 13.9. The molecule has 1 aromatic heterocycles. The summed E-state index contributed by atoms with van der Waals surface area (Å²) in [7, 11) is -6.99. The molecule has 8 nitrogen and oxygen atoms in total. The first-order valence-electron chi connectivity index (χ1n) is 16.0. The van der Waals surface area contributed by atoms with Crippen LogP contribution < -0.4 is 10.4 Å². The van der Waals surface area contributed by atoms with Gasteiger partial charge < -0.3 is 14.3 Å². The summed E-state index contributed by atoms with van der Waals surface area (Å²) in [4.78, 5) is 15.9. The highest BCUT2D eigenvalue weighted by molar-refractivity contribution is 7.86. The van der Waals surface area contributed by atoms with E-state index in [-0.39, 0.29) is 39.7 Å². The number of carboxylic acids is 1. The number of rotatable bonds is 10. The number of aromatic carboxylic acids is 1. The highest BCUT2D eigenvalue weighted by Gasteiger charge is 2.54. The van der Waals surface area contributed by atoms with Crippen molar-refractivity contribution < 1.29 is 31.7 Å². The van der Waals surface area contributed by atoms with Crippen LogP contribution in [0.4, 0.5) is 0 Å². The van der Waals surface area contributed by atoms with E-state index in [9.17, 15) is 18.3 Å². The summed E-state index contributed by atoms with van der Waals surface area (Å²) in [5.74, 6) is -1.34. The molecule has 1 N–H and O–H groups in total. The summed E-state index contributed by atoms with van der Waals surface area (Å²) in [6.07, 6.45) is 0.436. The van der Waals surface area contributed by atoms with Crippen LogP contribution >= 0.6 is 11.3 Å². The van der Waals surface area contributed by atoms with Gasteiger partial charge in [-0.2, -0.15) is 8.42 Å². The van der Waals surface area contributed by atoms with Gasteiger partial charge in [0.05, 0.1) is 17.1 Å². The van der Waals surface area contributed by atoms with Crippen molar-refractivity contribution in [2.45, 2.75) is 75.2 Å². The van der Waals surface area contributed by atoms with E-state index in [1.807, 2.05) is 43.3 Å². The zero-order valence-corrected chi connectivity index (χ0v) is 29.7. The number of aryl methyl sites for hydroxylation is 1. The molecule has 3 aromatic carbocycles. The molecular weight excluding hydrogens is 651 g/mol. The topological polar surface area (TPSA) is 112 Å². The monoisotopic (exact) mass is 691 g/mol. The van der Waals surface area contributed by atoms with Gasteiger partial charge in [0.15, 0.2) is 5.69 Å². The smallest absolute Gasteiger partial charge is 0.355 e. The predicted molar refractivity (Wildman–Crippen MR) is 184 cm³/mol. The molecule has 0 radical (unpaired) electrons. The zero-order chi connectivity index (χ0) is 33.4. The van der Waals surface area contributed by atoms with E-state index in [4.69, 9.17) is 13.3 Å². The molecule has 1 saturated heterocycles. The summed E-state index contributed by atoms with van der Waals surface area (Å²) in [5.41, 5.74) is 0.962. The Kier molecular flexibility index (Phi) is 9.59. The Morgan fingerprint density at radius 1 is 0.979 bits per heavy atom. The molecule has 0 amide bonds. The van der Waals surface area contributed by atoms with Crippen LogP contribution in [0.2, 0.25) is 5.04 Å². The molecule has 6 rings (SSSR count). The Bertz CT molecular complexity index is 1750. The van der Waals surface area contributed by atoms with Crippen LogP contribution in [0.5, 0.6) is 0 Å². The third-order valence-electron chi connectivity index (χ3n) is 9.56. The minimum atomic E-state index is -4.07. The van der Waals surface area contributed by atoms with Gasteiger partial charge in [0, 0.05) is 24.3 Å². The zero-order valence-electron chi connectivity index (χ0n) is 27.0. The van der Waals surface area contributed by atoms with Gasteiger partial charge in [0.2, 0.25) is 0 Å². The fraction of sp³-hybridized carbons (Fsp3) is 0.389. The molecule has 0 unspecified atom stereocenters. The van der Waals surface area contributed by atoms with Crippen molar-refractivity contribution in [1.29, 1.82) is 0 Å². The minimum absolute atomic E-state index is 0.00382. The van der Waals surface area contributed by atoms with Crippen molar-refractivity contribution in [3.8, 4) is 0 Å². The molecular formula is C36H41NO7S2Si. The molecule has 47 heavy (non-hydrogen) atoms. The van der Waals surface area contributed by atoms with Crippen LogP contribution in [0.3, 0.4) is 0 Å². The maximum Gasteiger partial charge on any atom is 0.355 e. The number of ether oxygens (including phenoxy) is 1. The summed E-state index contributed by atoms with van der Waals surface area (Å²) in [6, 6.07) is 27.5. The lowest BCUT2D eigenvalue weighted by molar-refractivity contribution is -0.0814. The van der Waals surface area contributed by atoms with Crippen molar-refractivity contribution in [1.82, 2.24) is 4.98 Å². The quantitative estimate of drug-likeness (QED) is 0.151. The van der Waals surface area contributed by atoms with E-state index in [0.29, 0.717) is 24.5 Å². The number of aromatic nitrogens is 1. The lowest BCUT2D eigenvalue weighted by Gasteiger charge is -2.44. The largest absolute Gasteiger partial charge is 0.476 e. The van der Waals surface area contributed by atoms with Crippen LogP contribution in [-0.2, 0) is 23.5 Å². The van der Waals surface area contributed by atoms with Crippen molar-refractivity contribution in [3.63, 3.8) is 0 Å². The molecule has 11 heteroatoms. The van der Waals surface area contributed by atoms with Crippen LogP contribution in [0.1, 0.15) is 67.2 Å². The highest BCUT2D eigenvalue weighted by Crippen LogP contribution is 2.48. The molecule has 5 atom stereocenters. The average molecular weight is 692 g/mol. The summed E-state index contributed by atoms with van der Waals surface area (Å²) in [6.45, 7) is 8.88. The van der Waals surface area contributed by atoms with E-state index < -0.39 is 30.5 Å². The standard InChI is InChI=1S/C36H41NO7S2Si/c1-24-15-17-25(18-16-24)46(40,41)44-33-21-32-28(19-20-31(43-32)34-37-30(23-45-34)35(38)39)29(33)22-42-47(36(2,3)4,26-11-7-5-8-12-26)27-13-9-6-10-14-27/h5-18,23,28-29,31-33H,19-22H2,1-4H3,(H,38,39)/t28-,29-,31-,32+,33-/m1/s1. The maximum absolute atomic E-state index is 13.6. The predicted octanol–water partition coefficient (Wildman–Crippen LogP) is 6.36. The number of benzene rings is 3. The first-order valence-corrected chi connectivity index (χ1v) is 20.2. The summed E-state index contributed by atoms with van der Waals surface area (Å²) in [5, 5.41) is 13.6. The summed E-state index contributed by atoms with van der Waals surface area (Å²) >= 11 is 1.28. The molecule has 2 aliphatic rings. The Morgan fingerprint density at radius 3 is 2.15 bits per heavy atom. The molecule has 1 aliphatic carbocycles. The number of thiazole rings is 1. The number of carbonyl (C=O) groups is 1. The normalized spacial score (nSPS) is 23.4. The van der Waals surface area contributed by atoms with Gasteiger partial charge in [-0.05, 0) is 53.2 Å². The van der Waals surface area contributed by atoms with Crippen LogP contribution in [-0.4, -0.2) is 51.6 Å². The van der Waals surface area contributed by atoms with Gasteiger partial charge in [0.1, 0.15) is 11.1 Å². The first kappa shape index (κ1) is 33.7. The third-order valence-corrected chi connectivity index (χ3v) is 16.8. The number of carboxylic acid groups (broad SMARTS) is 1. The Hall–Kier alpha value is -3.19. The maximum atomic E-state index is 13.6. The van der Waals surface area contributed by atoms with Crippen molar-refractivity contribution >= 4 is 46.1 Å². The molecule has 1 aliphatic heterocycles. The fourth-order valence-electron chi connectivity index (χ4n) is 7.27. The molecule has 4 aromatic rings. The Morgan fingerprint density at radius 2 is 1.60 bits per heavy atom. The number of fused-ring (bicyclic) bond motifs is 1. The molecule has 2 heterocycles. The van der Waals surface area contributed by atoms with E-state index in [0.717, 1.165) is 22.4 Å². The second-order valence-corrected chi connectivity index (χ2v) is 20.3. The molecule has 0 spiro atoms. The van der Waals surface area contributed by atoms with Gasteiger partial charge in [-0.3, -0.25) is 4.18 Å². The Labute approximate surface area is 282 Å². The van der Waals surface area contributed by atoms with Crippen LogP contribution in [0, 0.1) is 18.8 Å². The number of hydrogen-bond donors (Lipinski definition) is 1. The first-order chi connectivity index (χ1) is 22.4.